The van der Waals surface area contributed by atoms with Gasteiger partial charge < -0.3 is 21.7 Å². The highest BCUT2D eigenvalue weighted by Gasteiger charge is 1.88. The lowest BCUT2D eigenvalue weighted by Crippen LogP contribution is -2.05. The van der Waals surface area contributed by atoms with Gasteiger partial charge in [0.2, 0.25) is 0 Å². The van der Waals surface area contributed by atoms with Gasteiger partial charge in [-0.15, -0.1) is 24.8 Å². The van der Waals surface area contributed by atoms with Crippen molar-refractivity contribution < 1.29 is 19.8 Å². The van der Waals surface area contributed by atoms with E-state index in [-0.39, 0.29) is 50.7 Å². The number of halogens is 2. The molecule has 0 heterocycles. The van der Waals surface area contributed by atoms with Gasteiger partial charge in [-0.1, -0.05) is 0 Å². The molecular formula is C6H16Cl2N2O4. The molecule has 14 heavy (non-hydrogen) atoms. The first kappa shape index (κ1) is 23.3. The third kappa shape index (κ3) is 42.1. The second-order valence-electron chi connectivity index (χ2n) is 1.86. The molecule has 6 nitrogen and oxygen atoms in total. The van der Waals surface area contributed by atoms with Crippen molar-refractivity contribution >= 4 is 36.8 Å². The molecule has 0 aliphatic rings. The van der Waals surface area contributed by atoms with Crippen LogP contribution in [0.5, 0.6) is 0 Å². The predicted octanol–water partition coefficient (Wildman–Crippen LogP) is -0.317. The fraction of sp³-hybridized carbons (Fsp3) is 0.667. The molecule has 0 bridgehead atoms. The van der Waals surface area contributed by atoms with Gasteiger partial charge in [0.25, 0.3) is 0 Å². The standard InChI is InChI=1S/2C3H7NO2.2ClH/c2*4-2-1-3(5)6;;/h2*1-2,4H2,(H,5,6);2*1H. The highest BCUT2D eigenvalue weighted by molar-refractivity contribution is 5.85. The summed E-state index contributed by atoms with van der Waals surface area (Å²) >= 11 is 0. The van der Waals surface area contributed by atoms with Crippen LogP contribution in [0.2, 0.25) is 0 Å². The second-order valence-corrected chi connectivity index (χ2v) is 1.86. The van der Waals surface area contributed by atoms with Crippen LogP contribution in [0.15, 0.2) is 0 Å². The maximum Gasteiger partial charge on any atom is 0.304 e. The zero-order valence-corrected chi connectivity index (χ0v) is 9.14. The number of hydrogen-bond donors (Lipinski definition) is 4. The van der Waals surface area contributed by atoms with Gasteiger partial charge >= 0.3 is 11.9 Å². The zero-order valence-electron chi connectivity index (χ0n) is 7.51. The van der Waals surface area contributed by atoms with E-state index >= 15 is 0 Å². The van der Waals surface area contributed by atoms with E-state index in [4.69, 9.17) is 21.7 Å². The highest BCUT2D eigenvalue weighted by Crippen LogP contribution is 1.68. The third-order valence-corrected chi connectivity index (χ3v) is 0.716. The Bertz CT molecular complexity index is 130. The van der Waals surface area contributed by atoms with E-state index in [1.165, 1.54) is 0 Å². The van der Waals surface area contributed by atoms with E-state index in [9.17, 15) is 9.59 Å². The molecule has 0 aromatic heterocycles. The Balaban J connectivity index is -0.0000000625. The Kier molecular flexibility index (Phi) is 30.5. The van der Waals surface area contributed by atoms with Crippen LogP contribution >= 0.6 is 24.8 Å². The number of aliphatic carboxylic acids is 2. The smallest absolute Gasteiger partial charge is 0.304 e. The molecule has 88 valence electrons. The first-order chi connectivity index (χ1) is 5.54. The molecule has 0 aromatic carbocycles. The van der Waals surface area contributed by atoms with Crippen LogP contribution in [0.3, 0.4) is 0 Å². The Morgan fingerprint density at radius 2 is 1.07 bits per heavy atom. The SMILES string of the molecule is Cl.Cl.NCCC(=O)O.NCCC(=O)O. The molecule has 0 aliphatic carbocycles. The zero-order chi connectivity index (χ0) is 9.98. The number of rotatable bonds is 4. The monoisotopic (exact) mass is 250 g/mol. The first-order valence-electron chi connectivity index (χ1n) is 3.38. The quantitative estimate of drug-likeness (QED) is 0.542. The normalized spacial score (nSPS) is 7.00. The molecule has 0 fully saturated rings. The van der Waals surface area contributed by atoms with E-state index in [0.717, 1.165) is 0 Å². The molecular weight excluding hydrogens is 235 g/mol. The van der Waals surface area contributed by atoms with Crippen LogP contribution in [-0.2, 0) is 9.59 Å². The van der Waals surface area contributed by atoms with Crippen LogP contribution in [-0.4, -0.2) is 35.2 Å². The van der Waals surface area contributed by atoms with E-state index in [1.54, 1.807) is 0 Å². The van der Waals surface area contributed by atoms with Crippen LogP contribution in [0, 0.1) is 0 Å². The topological polar surface area (TPSA) is 127 Å². The Morgan fingerprint density at radius 1 is 0.857 bits per heavy atom. The van der Waals surface area contributed by atoms with Crippen molar-refractivity contribution in [1.82, 2.24) is 0 Å². The third-order valence-electron chi connectivity index (χ3n) is 0.716. The Morgan fingerprint density at radius 3 is 1.07 bits per heavy atom. The number of nitrogens with two attached hydrogens (primary N) is 2. The summed E-state index contributed by atoms with van der Waals surface area (Å²) in [7, 11) is 0. The van der Waals surface area contributed by atoms with Gasteiger partial charge in [-0.25, -0.2) is 0 Å². The first-order valence-corrected chi connectivity index (χ1v) is 3.38. The summed E-state index contributed by atoms with van der Waals surface area (Å²) in [6, 6.07) is 0. The van der Waals surface area contributed by atoms with Crippen molar-refractivity contribution in [2.75, 3.05) is 13.1 Å². The minimum absolute atomic E-state index is 0. The van der Waals surface area contributed by atoms with E-state index in [2.05, 4.69) is 0 Å². The molecule has 0 amide bonds. The van der Waals surface area contributed by atoms with Gasteiger partial charge in [-0.2, -0.15) is 0 Å². The van der Waals surface area contributed by atoms with Crippen molar-refractivity contribution in [3.05, 3.63) is 0 Å². The summed E-state index contributed by atoms with van der Waals surface area (Å²) in [5.74, 6) is -1.67. The molecule has 0 aromatic rings. The van der Waals surface area contributed by atoms with Crippen molar-refractivity contribution in [2.24, 2.45) is 11.5 Å². The van der Waals surface area contributed by atoms with Crippen molar-refractivity contribution in [2.45, 2.75) is 12.8 Å². The summed E-state index contributed by atoms with van der Waals surface area (Å²) < 4.78 is 0. The van der Waals surface area contributed by atoms with Gasteiger partial charge in [0.15, 0.2) is 0 Å². The molecule has 0 radical (unpaired) electrons. The highest BCUT2D eigenvalue weighted by atomic mass is 35.5. The van der Waals surface area contributed by atoms with E-state index < -0.39 is 11.9 Å². The molecule has 0 unspecified atom stereocenters. The fourth-order valence-corrected chi connectivity index (χ4v) is 0.247. The second kappa shape index (κ2) is 18.3. The number of hydrogen-bond acceptors (Lipinski definition) is 4. The lowest BCUT2D eigenvalue weighted by atomic mass is 10.5. The largest absolute Gasteiger partial charge is 0.481 e. The van der Waals surface area contributed by atoms with Crippen LogP contribution < -0.4 is 11.5 Å². The summed E-state index contributed by atoms with van der Waals surface area (Å²) in [6.45, 7) is 0.463. The van der Waals surface area contributed by atoms with Gasteiger partial charge in [-0.05, 0) is 0 Å². The summed E-state index contributed by atoms with van der Waals surface area (Å²) in [5.41, 5.74) is 9.70. The lowest BCUT2D eigenvalue weighted by molar-refractivity contribution is -0.137. The minimum Gasteiger partial charge on any atom is -0.481 e. The summed E-state index contributed by atoms with van der Waals surface area (Å²) in [5, 5.41) is 15.7. The molecule has 0 saturated carbocycles. The Labute approximate surface area is 94.5 Å². The van der Waals surface area contributed by atoms with Crippen molar-refractivity contribution in [3.63, 3.8) is 0 Å². The van der Waals surface area contributed by atoms with E-state index in [1.807, 2.05) is 0 Å². The van der Waals surface area contributed by atoms with Gasteiger partial charge in [0, 0.05) is 13.1 Å². The van der Waals surface area contributed by atoms with E-state index in [0.29, 0.717) is 0 Å². The predicted molar refractivity (Wildman–Crippen MR) is 57.1 cm³/mol. The van der Waals surface area contributed by atoms with Gasteiger partial charge in [-0.3, -0.25) is 9.59 Å². The lowest BCUT2D eigenvalue weighted by Gasteiger charge is -1.80. The van der Waals surface area contributed by atoms with Crippen molar-refractivity contribution in [1.29, 1.82) is 0 Å². The average molecular weight is 251 g/mol. The molecule has 0 rings (SSSR count). The van der Waals surface area contributed by atoms with Crippen LogP contribution in [0.1, 0.15) is 12.8 Å². The Hall–Kier alpha value is -0.560. The number of carbonyl (C=O) groups is 2. The van der Waals surface area contributed by atoms with Gasteiger partial charge in [0.1, 0.15) is 0 Å². The maximum absolute atomic E-state index is 9.52. The number of carboxylic acids is 2. The van der Waals surface area contributed by atoms with Crippen molar-refractivity contribution in [3.8, 4) is 0 Å². The average Bonchev–Trinajstić information content (AvgIpc) is 1.87. The summed E-state index contributed by atoms with van der Waals surface area (Å²) in [4.78, 5) is 19.0. The minimum atomic E-state index is -0.836. The summed E-state index contributed by atoms with van der Waals surface area (Å²) in [6.07, 6.45) is 0.139. The number of carboxylic acid groups (broad SMARTS) is 2. The molecule has 0 aliphatic heterocycles. The van der Waals surface area contributed by atoms with Crippen LogP contribution in [0.4, 0.5) is 0 Å². The molecule has 6 N–H and O–H groups in total. The van der Waals surface area contributed by atoms with Gasteiger partial charge in [0.05, 0.1) is 12.8 Å². The molecule has 8 heteroatoms. The molecule has 0 spiro atoms. The fourth-order valence-electron chi connectivity index (χ4n) is 0.247. The molecule has 0 atom stereocenters. The van der Waals surface area contributed by atoms with Crippen LogP contribution in [0.25, 0.3) is 0 Å². The molecule has 0 saturated heterocycles. The maximum atomic E-state index is 9.52.